The predicted octanol–water partition coefficient (Wildman–Crippen LogP) is 4.44. The molecule has 0 aliphatic rings. The molecule has 0 saturated carbocycles. The molecule has 0 atom stereocenters. The minimum Gasteiger partial charge on any atom is -0.393 e. The van der Waals surface area contributed by atoms with Crippen LogP contribution in [-0.2, 0) is 0 Å². The average Bonchev–Trinajstić information content (AvgIpc) is 2.38. The number of benzene rings is 2. The molecular weight excluding hydrogens is 429 g/mol. The number of hydrogen-bond acceptors (Lipinski definition) is 5. The van der Waals surface area contributed by atoms with Gasteiger partial charge in [0.2, 0.25) is 5.82 Å². The molecule has 0 fully saturated rings. The summed E-state index contributed by atoms with van der Waals surface area (Å²) in [5, 5.41) is 20.3. The van der Waals surface area contributed by atoms with Gasteiger partial charge >= 0.3 is 5.69 Å². The minimum absolute atomic E-state index is 0.0619. The molecule has 0 amide bonds. The van der Waals surface area contributed by atoms with Gasteiger partial charge in [-0.05, 0) is 24.3 Å². The van der Waals surface area contributed by atoms with E-state index < -0.39 is 21.4 Å². The van der Waals surface area contributed by atoms with Crippen molar-refractivity contribution in [3.05, 3.63) is 71.4 Å². The van der Waals surface area contributed by atoms with Crippen LogP contribution in [0.15, 0.2) is 45.3 Å². The molecule has 0 saturated heterocycles. The summed E-state index contributed by atoms with van der Waals surface area (Å²) in [6.45, 7) is 0. The first-order valence-electron chi connectivity index (χ1n) is 5.51. The van der Waals surface area contributed by atoms with Gasteiger partial charge in [0.05, 0.1) is 9.85 Å². The summed E-state index contributed by atoms with van der Waals surface area (Å²) in [5.41, 5.74) is 4.95. The van der Waals surface area contributed by atoms with Crippen LogP contribution in [-0.4, -0.2) is 9.85 Å². The molecule has 22 heavy (non-hydrogen) atoms. The second kappa shape index (κ2) is 7.80. The first kappa shape index (κ1) is 18.0. The molecule has 0 radical (unpaired) electrons. The number of anilines is 1. The second-order valence-electron chi connectivity index (χ2n) is 3.81. The molecule has 116 valence electrons. The van der Waals surface area contributed by atoms with Crippen molar-refractivity contribution in [1.82, 2.24) is 0 Å². The van der Waals surface area contributed by atoms with Crippen LogP contribution in [0.2, 0.25) is 0 Å². The summed E-state index contributed by atoms with van der Waals surface area (Å²) in [4.78, 5) is 19.1. The number of nitrogens with zero attached hydrogens (tertiary/aromatic N) is 2. The van der Waals surface area contributed by atoms with Gasteiger partial charge in [-0.15, -0.1) is 0 Å². The highest BCUT2D eigenvalue weighted by atomic mass is 79.9. The number of nitro groups is 2. The van der Waals surface area contributed by atoms with Gasteiger partial charge in [0, 0.05) is 21.1 Å². The lowest BCUT2D eigenvalue weighted by molar-refractivity contribution is -0.387. The minimum atomic E-state index is -0.829. The van der Waals surface area contributed by atoms with Gasteiger partial charge < -0.3 is 5.73 Å². The summed E-state index contributed by atoms with van der Waals surface area (Å²) >= 11 is 6.13. The van der Waals surface area contributed by atoms with E-state index in [-0.39, 0.29) is 11.4 Å². The van der Waals surface area contributed by atoms with E-state index in [1.807, 2.05) is 0 Å². The fraction of sp³-hybridized carbons (Fsp3) is 0. The van der Waals surface area contributed by atoms with Gasteiger partial charge in [-0.2, -0.15) is 4.39 Å². The molecule has 0 heterocycles. The lowest BCUT2D eigenvalue weighted by Gasteiger charge is -1.95. The number of nitrogen functional groups attached to an aromatic ring is 1. The van der Waals surface area contributed by atoms with Crippen molar-refractivity contribution >= 4 is 48.9 Å². The number of nitrogens with two attached hydrogens (primary N) is 1. The fourth-order valence-electron chi connectivity index (χ4n) is 1.32. The van der Waals surface area contributed by atoms with Crippen molar-refractivity contribution in [3.63, 3.8) is 0 Å². The highest BCUT2D eigenvalue weighted by Crippen LogP contribution is 2.24. The Bertz CT molecular complexity index is 666. The zero-order chi connectivity index (χ0) is 16.9. The topological polar surface area (TPSA) is 112 Å². The third-order valence-electron chi connectivity index (χ3n) is 2.29. The molecule has 7 nitrogen and oxygen atoms in total. The van der Waals surface area contributed by atoms with Gasteiger partial charge in [0.15, 0.2) is 0 Å². The van der Waals surface area contributed by atoms with E-state index in [2.05, 4.69) is 31.9 Å². The summed E-state index contributed by atoms with van der Waals surface area (Å²) in [6, 6.07) is 8.02. The molecular formula is C12H8Br2FN3O4. The lowest BCUT2D eigenvalue weighted by atomic mass is 10.3. The molecule has 2 N–H and O–H groups in total. The van der Waals surface area contributed by atoms with E-state index in [4.69, 9.17) is 5.73 Å². The Hall–Kier alpha value is -2.07. The molecule has 0 aliphatic heterocycles. The van der Waals surface area contributed by atoms with Crippen molar-refractivity contribution in [1.29, 1.82) is 0 Å². The average molecular weight is 437 g/mol. The van der Waals surface area contributed by atoms with Crippen LogP contribution < -0.4 is 5.73 Å². The van der Waals surface area contributed by atoms with Crippen molar-refractivity contribution in [2.45, 2.75) is 0 Å². The van der Waals surface area contributed by atoms with Crippen molar-refractivity contribution < 1.29 is 14.2 Å². The van der Waals surface area contributed by atoms with E-state index >= 15 is 0 Å². The molecule has 0 spiro atoms. The highest BCUT2D eigenvalue weighted by molar-refractivity contribution is 9.10. The first-order valence-corrected chi connectivity index (χ1v) is 7.10. The van der Waals surface area contributed by atoms with Crippen molar-refractivity contribution in [2.24, 2.45) is 0 Å². The fourth-order valence-corrected chi connectivity index (χ4v) is 2.03. The maximum Gasteiger partial charge on any atom is 0.304 e. The van der Waals surface area contributed by atoms with Gasteiger partial charge in [0.25, 0.3) is 5.69 Å². The second-order valence-corrected chi connectivity index (χ2v) is 5.64. The van der Waals surface area contributed by atoms with E-state index in [9.17, 15) is 24.6 Å². The van der Waals surface area contributed by atoms with Crippen LogP contribution in [0, 0.1) is 26.0 Å². The molecule has 0 bridgehead atoms. The van der Waals surface area contributed by atoms with Gasteiger partial charge in [-0.3, -0.25) is 20.2 Å². The van der Waals surface area contributed by atoms with Crippen LogP contribution >= 0.6 is 31.9 Å². The Labute approximate surface area is 140 Å². The van der Waals surface area contributed by atoms with Gasteiger partial charge in [-0.25, -0.2) is 0 Å². The molecule has 0 aliphatic carbocycles. The number of nitro benzene ring substituents is 2. The smallest absolute Gasteiger partial charge is 0.304 e. The van der Waals surface area contributed by atoms with Crippen molar-refractivity contribution in [3.8, 4) is 0 Å². The maximum atomic E-state index is 12.6. The zero-order valence-corrected chi connectivity index (χ0v) is 13.9. The SMILES string of the molecule is Nc1cc(Br)ccc1[N+](=O)[O-].O=[N+]([O-])c1ccc(Br)cc1F. The molecule has 2 rings (SSSR count). The standard InChI is InChI=1S/C6H3BrFNO2.C6H5BrN2O2/c2*7-4-1-2-6(9(10)11)5(8)3-4/h1-3H;1-3H,8H2. The van der Waals surface area contributed by atoms with E-state index in [0.717, 1.165) is 16.6 Å². The maximum absolute atomic E-state index is 12.6. The molecule has 10 heteroatoms. The third kappa shape index (κ3) is 5.04. The quantitative estimate of drug-likeness (QED) is 0.424. The number of halogens is 3. The van der Waals surface area contributed by atoms with E-state index in [1.54, 1.807) is 6.07 Å². The number of rotatable bonds is 2. The van der Waals surface area contributed by atoms with E-state index in [0.29, 0.717) is 4.47 Å². The van der Waals surface area contributed by atoms with Gasteiger partial charge in [-0.1, -0.05) is 31.9 Å². The molecule has 2 aromatic carbocycles. The lowest BCUT2D eigenvalue weighted by Crippen LogP contribution is -1.94. The molecule has 0 aromatic heterocycles. The Balaban J connectivity index is 0.000000220. The van der Waals surface area contributed by atoms with Crippen LogP contribution in [0.25, 0.3) is 0 Å². The Morgan fingerprint density at radius 3 is 1.77 bits per heavy atom. The van der Waals surface area contributed by atoms with Gasteiger partial charge in [0.1, 0.15) is 5.69 Å². The summed E-state index contributed by atoms with van der Waals surface area (Å²) < 4.78 is 13.9. The third-order valence-corrected chi connectivity index (χ3v) is 3.28. The normalized spacial score (nSPS) is 9.59. The van der Waals surface area contributed by atoms with Crippen LogP contribution in [0.3, 0.4) is 0 Å². The highest BCUT2D eigenvalue weighted by Gasteiger charge is 2.12. The molecule has 0 unspecified atom stereocenters. The molecule has 2 aromatic rings. The van der Waals surface area contributed by atoms with E-state index in [1.165, 1.54) is 18.2 Å². The Kier molecular flexibility index (Phi) is 6.38. The van der Waals surface area contributed by atoms with Crippen LogP contribution in [0.4, 0.5) is 21.5 Å². The zero-order valence-electron chi connectivity index (χ0n) is 10.7. The van der Waals surface area contributed by atoms with Crippen molar-refractivity contribution in [2.75, 3.05) is 5.73 Å². The Morgan fingerprint density at radius 1 is 0.909 bits per heavy atom. The summed E-state index contributed by atoms with van der Waals surface area (Å²) in [7, 11) is 0. The monoisotopic (exact) mass is 435 g/mol. The first-order chi connectivity index (χ1) is 10.2. The largest absolute Gasteiger partial charge is 0.393 e. The Morgan fingerprint density at radius 2 is 1.36 bits per heavy atom. The van der Waals surface area contributed by atoms with Crippen LogP contribution in [0.5, 0.6) is 0 Å². The van der Waals surface area contributed by atoms with Crippen LogP contribution in [0.1, 0.15) is 0 Å². The predicted molar refractivity (Wildman–Crippen MR) is 86.0 cm³/mol. The number of hydrogen-bond donors (Lipinski definition) is 1. The summed E-state index contributed by atoms with van der Waals surface area (Å²) in [5.74, 6) is -0.829. The summed E-state index contributed by atoms with van der Waals surface area (Å²) in [6.07, 6.45) is 0.